The molecule has 1 atom stereocenters. The van der Waals surface area contributed by atoms with Gasteiger partial charge in [0.05, 0.1) is 4.90 Å². The quantitative estimate of drug-likeness (QED) is 0.572. The molecule has 1 rings (SSSR count). The molecule has 1 aromatic rings. The summed E-state index contributed by atoms with van der Waals surface area (Å²) in [5.41, 5.74) is 1.69. The van der Waals surface area contributed by atoms with Crippen LogP contribution in [-0.4, -0.2) is 48.9 Å². The number of nitrogens with zero attached hydrogens (tertiary/aromatic N) is 1. The molecule has 0 aromatic heterocycles. The van der Waals surface area contributed by atoms with Gasteiger partial charge in [0.2, 0.25) is 0 Å². The van der Waals surface area contributed by atoms with Crippen LogP contribution in [0.4, 0.5) is 0 Å². The van der Waals surface area contributed by atoms with E-state index < -0.39 is 20.6 Å². The van der Waals surface area contributed by atoms with E-state index in [9.17, 15) is 12.6 Å². The molecular formula is C17H29N3O3S2. The smallest absolute Gasteiger partial charge is 0.191 e. The average Bonchev–Trinajstić information content (AvgIpc) is 2.48. The van der Waals surface area contributed by atoms with Crippen LogP contribution in [0.5, 0.6) is 0 Å². The molecular weight excluding hydrogens is 358 g/mol. The van der Waals surface area contributed by atoms with Crippen molar-refractivity contribution in [2.45, 2.75) is 43.9 Å². The molecule has 8 heteroatoms. The predicted octanol–water partition coefficient (Wildman–Crippen LogP) is 1.61. The summed E-state index contributed by atoms with van der Waals surface area (Å²) >= 11 is 0. The Bertz CT molecular complexity index is 751. The van der Waals surface area contributed by atoms with Gasteiger partial charge in [0, 0.05) is 47.7 Å². The second kappa shape index (κ2) is 8.80. The van der Waals surface area contributed by atoms with Crippen molar-refractivity contribution in [1.29, 1.82) is 0 Å². The van der Waals surface area contributed by atoms with Crippen molar-refractivity contribution in [2.24, 2.45) is 4.99 Å². The van der Waals surface area contributed by atoms with Crippen molar-refractivity contribution >= 4 is 26.6 Å². The lowest BCUT2D eigenvalue weighted by Crippen LogP contribution is -2.40. The zero-order valence-corrected chi connectivity index (χ0v) is 17.5. The van der Waals surface area contributed by atoms with Crippen molar-refractivity contribution in [3.8, 4) is 0 Å². The summed E-state index contributed by atoms with van der Waals surface area (Å²) in [6, 6.07) is 5.27. The first-order chi connectivity index (χ1) is 11.4. The fraction of sp³-hybridized carbons (Fsp3) is 0.588. The van der Waals surface area contributed by atoms with Gasteiger partial charge < -0.3 is 10.6 Å². The first-order valence-corrected chi connectivity index (χ1v) is 11.3. The minimum absolute atomic E-state index is 0.225. The summed E-state index contributed by atoms with van der Waals surface area (Å²) < 4.78 is 35.1. The third-order valence-corrected chi connectivity index (χ3v) is 6.78. The van der Waals surface area contributed by atoms with Crippen molar-refractivity contribution in [3.63, 3.8) is 0 Å². The number of hydrogen-bond donors (Lipinski definition) is 2. The Morgan fingerprint density at radius 3 is 2.36 bits per heavy atom. The summed E-state index contributed by atoms with van der Waals surface area (Å²) in [5, 5.41) is 6.32. The minimum Gasteiger partial charge on any atom is -0.355 e. The molecule has 0 aliphatic carbocycles. The van der Waals surface area contributed by atoms with Gasteiger partial charge in [0.25, 0.3) is 0 Å². The molecule has 0 amide bonds. The van der Waals surface area contributed by atoms with Gasteiger partial charge in [-0.15, -0.1) is 0 Å². The van der Waals surface area contributed by atoms with Crippen LogP contribution in [0.15, 0.2) is 28.1 Å². The first kappa shape index (κ1) is 21.6. The zero-order chi connectivity index (χ0) is 19.3. The van der Waals surface area contributed by atoms with Gasteiger partial charge in [-0.2, -0.15) is 0 Å². The summed E-state index contributed by atoms with van der Waals surface area (Å²) in [6.45, 7) is 8.74. The van der Waals surface area contributed by atoms with Crippen molar-refractivity contribution < 1.29 is 12.6 Å². The van der Waals surface area contributed by atoms with E-state index in [1.807, 2.05) is 26.8 Å². The third-order valence-electron chi connectivity index (χ3n) is 3.59. The van der Waals surface area contributed by atoms with E-state index in [1.165, 1.54) is 6.26 Å². The van der Waals surface area contributed by atoms with E-state index in [0.717, 1.165) is 11.1 Å². The fourth-order valence-corrected chi connectivity index (χ4v) is 4.07. The molecule has 1 aromatic carbocycles. The maximum absolute atomic E-state index is 12.0. The second-order valence-corrected chi connectivity index (χ2v) is 11.2. The van der Waals surface area contributed by atoms with Crippen LogP contribution >= 0.6 is 0 Å². The van der Waals surface area contributed by atoms with E-state index in [2.05, 4.69) is 15.6 Å². The molecule has 0 saturated heterocycles. The van der Waals surface area contributed by atoms with Crippen LogP contribution in [0.3, 0.4) is 0 Å². The third kappa shape index (κ3) is 7.15. The summed E-state index contributed by atoms with van der Waals surface area (Å²) in [4.78, 5) is 4.49. The highest BCUT2D eigenvalue weighted by Crippen LogP contribution is 2.16. The number of sulfone groups is 1. The Kier molecular flexibility index (Phi) is 7.62. The van der Waals surface area contributed by atoms with E-state index in [0.29, 0.717) is 29.7 Å². The zero-order valence-electron chi connectivity index (χ0n) is 15.8. The number of aryl methyl sites for hydroxylation is 1. The molecule has 6 nitrogen and oxygen atoms in total. The van der Waals surface area contributed by atoms with Gasteiger partial charge >= 0.3 is 0 Å². The molecule has 0 spiro atoms. The summed E-state index contributed by atoms with van der Waals surface area (Å²) in [5.74, 6) is 1.17. The molecule has 0 fully saturated rings. The Morgan fingerprint density at radius 1 is 1.24 bits per heavy atom. The molecule has 0 aliphatic heterocycles. The topological polar surface area (TPSA) is 87.6 Å². The fourth-order valence-electron chi connectivity index (χ4n) is 2.21. The lowest BCUT2D eigenvalue weighted by molar-refractivity contribution is 0.601. The number of aliphatic imine (C=N–C) groups is 1. The van der Waals surface area contributed by atoms with E-state index in [1.54, 1.807) is 26.1 Å². The van der Waals surface area contributed by atoms with Crippen LogP contribution in [0, 0.1) is 6.92 Å². The van der Waals surface area contributed by atoms with Crippen molar-refractivity contribution in [3.05, 3.63) is 29.3 Å². The Hall–Kier alpha value is -1.41. The molecule has 2 N–H and O–H groups in total. The van der Waals surface area contributed by atoms with Gasteiger partial charge in [0.1, 0.15) is 0 Å². The molecule has 0 saturated carbocycles. The monoisotopic (exact) mass is 387 g/mol. The molecule has 0 heterocycles. The largest absolute Gasteiger partial charge is 0.355 e. The van der Waals surface area contributed by atoms with Crippen LogP contribution < -0.4 is 10.6 Å². The normalized spacial score (nSPS) is 14.2. The second-order valence-electron chi connectivity index (χ2n) is 6.89. The molecule has 142 valence electrons. The number of hydrogen-bond acceptors (Lipinski definition) is 4. The highest BCUT2D eigenvalue weighted by Gasteiger charge is 2.18. The lowest BCUT2D eigenvalue weighted by Gasteiger charge is -2.18. The van der Waals surface area contributed by atoms with Gasteiger partial charge in [-0.3, -0.25) is 9.20 Å². The van der Waals surface area contributed by atoms with Crippen molar-refractivity contribution in [1.82, 2.24) is 10.6 Å². The van der Waals surface area contributed by atoms with E-state index in [-0.39, 0.29) is 4.75 Å². The first-order valence-electron chi connectivity index (χ1n) is 8.07. The number of rotatable bonds is 6. The maximum atomic E-state index is 12.0. The number of guanidine groups is 1. The molecule has 1 unspecified atom stereocenters. The Morgan fingerprint density at radius 2 is 1.88 bits per heavy atom. The highest BCUT2D eigenvalue weighted by atomic mass is 32.2. The molecule has 0 bridgehead atoms. The van der Waals surface area contributed by atoms with Gasteiger partial charge in [-0.25, -0.2) is 8.42 Å². The number of benzene rings is 1. The summed E-state index contributed by atoms with van der Waals surface area (Å²) in [6.07, 6.45) is 1.21. The number of nitrogens with one attached hydrogen (secondary N) is 2. The maximum Gasteiger partial charge on any atom is 0.191 e. The Labute approximate surface area is 153 Å². The van der Waals surface area contributed by atoms with Crippen LogP contribution in [-0.2, 0) is 27.2 Å². The minimum atomic E-state index is -3.20. The van der Waals surface area contributed by atoms with E-state index in [4.69, 9.17) is 0 Å². The van der Waals surface area contributed by atoms with Gasteiger partial charge in [-0.05, 0) is 44.9 Å². The Balaban J connectivity index is 2.58. The van der Waals surface area contributed by atoms with Crippen LogP contribution in [0.2, 0.25) is 0 Å². The van der Waals surface area contributed by atoms with Crippen LogP contribution in [0.25, 0.3) is 0 Å². The van der Waals surface area contributed by atoms with Gasteiger partial charge in [-0.1, -0.05) is 12.1 Å². The predicted molar refractivity (Wildman–Crippen MR) is 105 cm³/mol. The van der Waals surface area contributed by atoms with E-state index >= 15 is 0 Å². The molecule has 25 heavy (non-hydrogen) atoms. The standard InChI is InChI=1S/C17H29N3O3S2/c1-13-11-14(7-8-15(13)25(6,22)23)12-20-16(18-5)19-9-10-24(21)17(2,3)4/h7-8,11H,9-10,12H2,1-6H3,(H2,18,19,20). The van der Waals surface area contributed by atoms with Gasteiger partial charge in [0.15, 0.2) is 15.8 Å². The van der Waals surface area contributed by atoms with Crippen molar-refractivity contribution in [2.75, 3.05) is 25.6 Å². The molecule has 0 radical (unpaired) electrons. The lowest BCUT2D eigenvalue weighted by atomic mass is 10.1. The SMILES string of the molecule is CN=C(NCCS(=O)C(C)(C)C)NCc1ccc(S(C)(=O)=O)c(C)c1. The summed E-state index contributed by atoms with van der Waals surface area (Å²) in [7, 11) is -2.44. The highest BCUT2D eigenvalue weighted by molar-refractivity contribution is 7.90. The molecule has 0 aliphatic rings. The van der Waals surface area contributed by atoms with Crippen LogP contribution in [0.1, 0.15) is 31.9 Å². The average molecular weight is 388 g/mol.